The zero-order valence-corrected chi connectivity index (χ0v) is 14.7. The van der Waals surface area contributed by atoms with Gasteiger partial charge < -0.3 is 4.74 Å². The Morgan fingerprint density at radius 3 is 2.21 bits per heavy atom. The fourth-order valence-electron chi connectivity index (χ4n) is 1.82. The average molecular weight is 327 g/mol. The average Bonchev–Trinajstić information content (AvgIpc) is 2.35. The van der Waals surface area contributed by atoms with Gasteiger partial charge in [-0.3, -0.25) is 0 Å². The van der Waals surface area contributed by atoms with Crippen LogP contribution >= 0.6 is 15.9 Å². The molecule has 0 aromatic heterocycles. The highest BCUT2D eigenvalue weighted by Gasteiger charge is 2.22. The van der Waals surface area contributed by atoms with Crippen LogP contribution in [-0.2, 0) is 11.8 Å². The van der Waals surface area contributed by atoms with Gasteiger partial charge in [0.05, 0.1) is 6.61 Å². The monoisotopic (exact) mass is 326 g/mol. The van der Waals surface area contributed by atoms with Crippen molar-refractivity contribution in [3.05, 3.63) is 29.3 Å². The minimum absolute atomic E-state index is 0.110. The summed E-state index contributed by atoms with van der Waals surface area (Å²) in [6, 6.07) is 6.59. The predicted molar refractivity (Wildman–Crippen MR) is 87.6 cm³/mol. The van der Waals surface area contributed by atoms with Gasteiger partial charge in [0.25, 0.3) is 0 Å². The van der Waals surface area contributed by atoms with E-state index in [0.29, 0.717) is 0 Å². The van der Waals surface area contributed by atoms with E-state index in [-0.39, 0.29) is 10.8 Å². The Balaban J connectivity index is 3.00. The fourth-order valence-corrected chi connectivity index (χ4v) is 1.98. The smallest absolute Gasteiger partial charge is 0.123 e. The van der Waals surface area contributed by atoms with Crippen LogP contribution in [0, 0.1) is 5.41 Å². The van der Waals surface area contributed by atoms with Crippen LogP contribution in [0.4, 0.5) is 0 Å². The molecule has 1 rings (SSSR count). The molecule has 0 fully saturated rings. The van der Waals surface area contributed by atoms with Gasteiger partial charge in [0.1, 0.15) is 5.75 Å². The third-order valence-corrected chi connectivity index (χ3v) is 4.76. The molecule has 0 aliphatic heterocycles. The number of ether oxygens (including phenoxy) is 1. The fraction of sp³-hybridized carbons (Fsp3) is 0.647. The molecule has 0 atom stereocenters. The van der Waals surface area contributed by atoms with Crippen molar-refractivity contribution in [3.8, 4) is 5.75 Å². The van der Waals surface area contributed by atoms with Crippen LogP contribution in [0.2, 0.25) is 0 Å². The van der Waals surface area contributed by atoms with E-state index in [2.05, 4.69) is 75.7 Å². The van der Waals surface area contributed by atoms with E-state index < -0.39 is 0 Å². The number of halogens is 1. The maximum atomic E-state index is 6.09. The molecular formula is C17H27BrO. The third kappa shape index (κ3) is 4.83. The molecule has 108 valence electrons. The summed E-state index contributed by atoms with van der Waals surface area (Å²) in [5.74, 6) is 1.03. The molecule has 0 radical (unpaired) electrons. The Bertz CT molecular complexity index is 416. The maximum Gasteiger partial charge on any atom is 0.123 e. The molecule has 0 saturated carbocycles. The van der Waals surface area contributed by atoms with Crippen LogP contribution < -0.4 is 4.74 Å². The highest BCUT2D eigenvalue weighted by molar-refractivity contribution is 9.09. The van der Waals surface area contributed by atoms with Crippen molar-refractivity contribution >= 4 is 15.9 Å². The zero-order chi connectivity index (χ0) is 14.7. The molecule has 0 spiro atoms. The Hall–Kier alpha value is -0.500. The van der Waals surface area contributed by atoms with Crippen molar-refractivity contribution in [3.63, 3.8) is 0 Å². The highest BCUT2D eigenvalue weighted by atomic mass is 79.9. The molecule has 0 bridgehead atoms. The topological polar surface area (TPSA) is 9.23 Å². The van der Waals surface area contributed by atoms with Gasteiger partial charge in [0.2, 0.25) is 0 Å². The van der Waals surface area contributed by atoms with Crippen molar-refractivity contribution in [2.75, 3.05) is 11.9 Å². The van der Waals surface area contributed by atoms with Gasteiger partial charge in [0, 0.05) is 10.7 Å². The molecule has 0 heterocycles. The van der Waals surface area contributed by atoms with Crippen LogP contribution in [0.25, 0.3) is 0 Å². The molecule has 0 N–H and O–H groups in total. The Labute approximate surface area is 126 Å². The molecule has 2 heteroatoms. The van der Waals surface area contributed by atoms with Crippen molar-refractivity contribution in [1.82, 2.24) is 0 Å². The van der Waals surface area contributed by atoms with Crippen molar-refractivity contribution in [2.45, 2.75) is 53.4 Å². The predicted octanol–water partition coefficient (Wildman–Crippen LogP) is 5.35. The molecule has 0 amide bonds. The summed E-state index contributed by atoms with van der Waals surface area (Å²) < 4.78 is 6.09. The second-order valence-electron chi connectivity index (χ2n) is 7.02. The number of rotatable bonds is 5. The number of aryl methyl sites for hydroxylation is 1. The largest absolute Gasteiger partial charge is 0.493 e. The van der Waals surface area contributed by atoms with Gasteiger partial charge in [0.15, 0.2) is 0 Å². The van der Waals surface area contributed by atoms with E-state index in [1.165, 1.54) is 11.1 Å². The zero-order valence-electron chi connectivity index (χ0n) is 13.1. The Morgan fingerprint density at radius 1 is 1.11 bits per heavy atom. The maximum absolute atomic E-state index is 6.09. The summed E-state index contributed by atoms with van der Waals surface area (Å²) in [6.45, 7) is 14.1. The summed E-state index contributed by atoms with van der Waals surface area (Å²) in [4.78, 5) is 0. The summed E-state index contributed by atoms with van der Waals surface area (Å²) in [5, 5.41) is 0.942. The number of alkyl halides is 1. The van der Waals surface area contributed by atoms with Gasteiger partial charge >= 0.3 is 0 Å². The van der Waals surface area contributed by atoms with Crippen LogP contribution in [0.3, 0.4) is 0 Å². The first kappa shape index (κ1) is 16.6. The second-order valence-corrected chi connectivity index (χ2v) is 7.58. The molecule has 0 aliphatic carbocycles. The Kier molecular flexibility index (Phi) is 5.49. The van der Waals surface area contributed by atoms with Crippen molar-refractivity contribution < 1.29 is 4.74 Å². The lowest BCUT2D eigenvalue weighted by molar-refractivity contribution is 0.199. The van der Waals surface area contributed by atoms with Gasteiger partial charge in [-0.2, -0.15) is 0 Å². The first-order chi connectivity index (χ1) is 8.69. The van der Waals surface area contributed by atoms with Gasteiger partial charge in [-0.05, 0) is 29.0 Å². The van der Waals surface area contributed by atoms with Crippen molar-refractivity contribution in [2.24, 2.45) is 5.41 Å². The van der Waals surface area contributed by atoms with Gasteiger partial charge in [-0.15, -0.1) is 0 Å². The first-order valence-corrected chi connectivity index (χ1v) is 8.14. The third-order valence-electron chi connectivity index (χ3n) is 3.24. The summed E-state index contributed by atoms with van der Waals surface area (Å²) in [6.07, 6.45) is 1.07. The first-order valence-electron chi connectivity index (χ1n) is 7.02. The number of hydrogen-bond donors (Lipinski definition) is 0. The lowest BCUT2D eigenvalue weighted by atomic mass is 9.85. The van der Waals surface area contributed by atoms with Crippen LogP contribution in [0.15, 0.2) is 18.2 Å². The van der Waals surface area contributed by atoms with Crippen LogP contribution in [0.1, 0.15) is 52.7 Å². The lowest BCUT2D eigenvalue weighted by Gasteiger charge is -2.27. The van der Waals surface area contributed by atoms with E-state index >= 15 is 0 Å². The van der Waals surface area contributed by atoms with E-state index in [0.717, 1.165) is 24.1 Å². The summed E-state index contributed by atoms with van der Waals surface area (Å²) >= 11 is 3.55. The number of benzene rings is 1. The van der Waals surface area contributed by atoms with Crippen LogP contribution in [-0.4, -0.2) is 11.9 Å². The van der Waals surface area contributed by atoms with E-state index in [1.54, 1.807) is 0 Å². The molecule has 0 saturated heterocycles. The molecule has 1 aromatic rings. The van der Waals surface area contributed by atoms with E-state index in [1.807, 2.05) is 0 Å². The summed E-state index contributed by atoms with van der Waals surface area (Å²) in [7, 11) is 0. The Morgan fingerprint density at radius 2 is 1.74 bits per heavy atom. The van der Waals surface area contributed by atoms with Crippen molar-refractivity contribution in [1.29, 1.82) is 0 Å². The summed E-state index contributed by atoms with van der Waals surface area (Å²) in [5.41, 5.74) is 2.94. The molecule has 0 aliphatic rings. The van der Waals surface area contributed by atoms with Gasteiger partial charge in [-0.25, -0.2) is 0 Å². The van der Waals surface area contributed by atoms with E-state index in [4.69, 9.17) is 4.74 Å². The second kappa shape index (κ2) is 6.30. The number of hydrogen-bond acceptors (Lipinski definition) is 1. The standard InChI is InChI=1S/C17H27BrO/c1-7-13-8-9-15(14(10-13)16(2,3)4)19-12-17(5,6)11-18/h8-10H,7,11-12H2,1-6H3. The lowest BCUT2D eigenvalue weighted by Crippen LogP contribution is -2.24. The molecule has 0 unspecified atom stereocenters. The molecule has 1 nitrogen and oxygen atoms in total. The molecular weight excluding hydrogens is 300 g/mol. The normalized spacial score (nSPS) is 12.6. The van der Waals surface area contributed by atoms with Crippen LogP contribution in [0.5, 0.6) is 5.75 Å². The quantitative estimate of drug-likeness (QED) is 0.663. The minimum atomic E-state index is 0.110. The molecule has 1 aromatic carbocycles. The highest BCUT2D eigenvalue weighted by Crippen LogP contribution is 2.33. The molecule has 19 heavy (non-hydrogen) atoms. The SMILES string of the molecule is CCc1ccc(OCC(C)(C)CBr)c(C(C)(C)C)c1. The minimum Gasteiger partial charge on any atom is -0.493 e. The van der Waals surface area contributed by atoms with E-state index in [9.17, 15) is 0 Å². The van der Waals surface area contributed by atoms with Gasteiger partial charge in [-0.1, -0.05) is 69.6 Å².